The first-order chi connectivity index (χ1) is 67.3. The van der Waals surface area contributed by atoms with E-state index >= 15 is 0 Å². The van der Waals surface area contributed by atoms with Gasteiger partial charge in [0.25, 0.3) is 27.8 Å². The SMILES string of the molecule is CCN1CCC(c2ccc3nc(-c4ccc(OC)c(OC)c4)cc(=O)n3c2)CC1.CNC1CCC(c2ccc3nc(-c4ccc(OC)c(OC)c4)cc(=O)n3c2)CC1.COc1ccc(-c2cc(=O)n3cc(C4=CCNCC4)ncc3n2)cc1OC.COc1ccc(-c2cc(=O)n3cc(C4CCCNC4)ccc3n2)cc1OC.COc1ccc(-c2cc(=O)n3cc(C4CCNCC4)ccc3n2)cc1F. The van der Waals surface area contributed by atoms with E-state index in [4.69, 9.17) is 52.6 Å². The number of ether oxygens (including phenoxy) is 9. The Labute approximate surface area is 798 Å². The average Bonchev–Trinajstić information content (AvgIpc) is 0.798. The molecule has 5 aromatic carbocycles. The third kappa shape index (κ3) is 22.3. The van der Waals surface area contributed by atoms with Gasteiger partial charge in [0.05, 0.1) is 104 Å². The van der Waals surface area contributed by atoms with Crippen molar-refractivity contribution in [2.75, 3.05) is 130 Å². The second kappa shape index (κ2) is 45.0. The van der Waals surface area contributed by atoms with E-state index < -0.39 is 5.82 Å². The van der Waals surface area contributed by atoms with E-state index in [2.05, 4.69) is 77.3 Å². The van der Waals surface area contributed by atoms with Gasteiger partial charge in [0.1, 0.15) is 22.6 Å². The van der Waals surface area contributed by atoms with Crippen molar-refractivity contribution in [1.82, 2.24) is 78.1 Å². The molecule has 5 aliphatic rings. The van der Waals surface area contributed by atoms with E-state index in [1.54, 1.807) is 123 Å². The van der Waals surface area contributed by atoms with Gasteiger partial charge >= 0.3 is 0 Å². The van der Waals surface area contributed by atoms with E-state index in [0.717, 1.165) is 156 Å². The number of pyridine rings is 4. The third-order valence-corrected chi connectivity index (χ3v) is 26.5. The molecule has 0 bridgehead atoms. The Kier molecular flexibility index (Phi) is 31.5. The smallest absolute Gasteiger partial charge is 0.258 e. The second-order valence-electron chi connectivity index (χ2n) is 34.6. The second-order valence-corrected chi connectivity index (χ2v) is 34.6. The van der Waals surface area contributed by atoms with Gasteiger partial charge in [0.15, 0.2) is 63.2 Å². The number of rotatable bonds is 21. The zero-order valence-electron chi connectivity index (χ0n) is 79.7. The summed E-state index contributed by atoms with van der Waals surface area (Å²) in [6, 6.07) is 51.0. The van der Waals surface area contributed by atoms with Crippen molar-refractivity contribution in [1.29, 1.82) is 0 Å². The molecule has 15 aromatic rings. The number of aromatic nitrogens is 11. The molecule has 4 fully saturated rings. The van der Waals surface area contributed by atoms with E-state index in [1.165, 1.54) is 65.3 Å². The van der Waals surface area contributed by atoms with Crippen LogP contribution in [0.3, 0.4) is 0 Å². The highest BCUT2D eigenvalue weighted by Gasteiger charge is 2.26. The summed E-state index contributed by atoms with van der Waals surface area (Å²) in [5.74, 6) is 6.57. The molecule has 31 heteroatoms. The van der Waals surface area contributed by atoms with Gasteiger partial charge < -0.3 is 68.8 Å². The molecule has 4 aliphatic heterocycles. The number of hydrogen-bond acceptors (Lipinski definition) is 25. The predicted octanol–water partition coefficient (Wildman–Crippen LogP) is 15.2. The molecule has 0 spiro atoms. The normalized spacial score (nSPS) is 16.3. The highest BCUT2D eigenvalue weighted by Crippen LogP contribution is 2.39. The molecule has 0 amide bonds. The van der Waals surface area contributed by atoms with Crippen LogP contribution in [0.5, 0.6) is 51.7 Å². The van der Waals surface area contributed by atoms with Crippen LogP contribution in [0.25, 0.3) is 90.1 Å². The number of halogens is 1. The van der Waals surface area contributed by atoms with Crippen LogP contribution in [0.15, 0.2) is 237 Å². The molecule has 30 nitrogen and oxygen atoms in total. The lowest BCUT2D eigenvalue weighted by molar-refractivity contribution is 0.222. The maximum Gasteiger partial charge on any atom is 0.258 e. The van der Waals surface area contributed by atoms with Gasteiger partial charge in [-0.1, -0.05) is 37.3 Å². The van der Waals surface area contributed by atoms with Crippen molar-refractivity contribution in [2.45, 2.75) is 107 Å². The van der Waals surface area contributed by atoms with Crippen molar-refractivity contribution in [3.63, 3.8) is 0 Å². The van der Waals surface area contributed by atoms with Crippen LogP contribution in [-0.2, 0) is 0 Å². The van der Waals surface area contributed by atoms with Crippen LogP contribution in [0, 0.1) is 5.82 Å². The minimum atomic E-state index is -0.478. The Morgan fingerprint density at radius 3 is 1.05 bits per heavy atom. The van der Waals surface area contributed by atoms with Crippen molar-refractivity contribution < 1.29 is 47.0 Å². The number of likely N-dealkylation sites (tertiary alicyclic amines) is 1. The fourth-order valence-electron chi connectivity index (χ4n) is 18.6. The summed E-state index contributed by atoms with van der Waals surface area (Å²) in [5, 5.41) is 13.4. The summed E-state index contributed by atoms with van der Waals surface area (Å²) in [6.45, 7) is 11.3. The standard InChI is InChI=1S/2C23H27N3O3.C21H23N3O3.C20H20FN3O2.C20H20N4O3/c1-24-18-8-4-15(5-9-18)17-7-11-22-25-19(13-23(27)26(22)14-17)16-6-10-20(28-2)21(12-16)29-3;1-4-25-11-9-16(10-12-25)18-6-8-22-24-19(14-23(27)26(22)15-18)17-5-7-20(28-2)21(13-17)29-3;1-26-18-7-5-14(10-19(18)27-2)17-11-21(25)24-13-16(6-8-20(24)23-17)15-4-3-9-22-12-15;1-26-18-4-2-14(10-16(18)21)17-11-20(25)24-12-15(3-5-19(24)23-17)13-6-8-22-9-7-13;1-26-17-4-3-14(9-18(17)27-2)15-10-20(25)24-12-16(22-11-19(24)23-15)13-5-7-21-8-6-13/h6-7,10-15,18,24H,4-5,8-9H2,1-3H3;5-8,13-16H,4,9-12H2,1-3H3;5-8,10-11,13,15,22H,3-4,9,12H2,1-2H3;2-5,10-13,22H,6-9H2,1H3;3-5,9-12,21H,6-8H2,1-2H3. The molecule has 1 atom stereocenters. The summed E-state index contributed by atoms with van der Waals surface area (Å²) < 4.78 is 69.5. The van der Waals surface area contributed by atoms with Gasteiger partial charge in [-0.05, 0) is 290 Å². The molecular formula is C107H117FN16O14. The third-order valence-electron chi connectivity index (χ3n) is 26.5. The van der Waals surface area contributed by atoms with Gasteiger partial charge in [-0.25, -0.2) is 29.3 Å². The average molecular weight is 1870 g/mol. The molecule has 14 heterocycles. The number of nitrogens with zero attached hydrogens (tertiary/aromatic N) is 12. The maximum atomic E-state index is 14.0. The number of methoxy groups -OCH3 is 9. The van der Waals surface area contributed by atoms with Crippen molar-refractivity contribution in [3.8, 4) is 108 Å². The molecule has 716 valence electrons. The molecule has 1 saturated carbocycles. The Morgan fingerprint density at radius 1 is 0.348 bits per heavy atom. The van der Waals surface area contributed by atoms with E-state index in [1.807, 2.05) is 123 Å². The summed E-state index contributed by atoms with van der Waals surface area (Å²) in [7, 11) is 16.2. The Balaban J connectivity index is 0.000000125. The molecule has 138 heavy (non-hydrogen) atoms. The Morgan fingerprint density at radius 2 is 0.703 bits per heavy atom. The van der Waals surface area contributed by atoms with Crippen LogP contribution < -0.4 is 91.7 Å². The van der Waals surface area contributed by atoms with Gasteiger partial charge in [-0.3, -0.25) is 51.0 Å². The summed E-state index contributed by atoms with van der Waals surface area (Å²) in [4.78, 5) is 93.9. The molecule has 3 saturated heterocycles. The fourth-order valence-corrected chi connectivity index (χ4v) is 18.6. The number of fused-ring (bicyclic) bond motifs is 5. The van der Waals surface area contributed by atoms with Crippen molar-refractivity contribution >= 4 is 33.8 Å². The van der Waals surface area contributed by atoms with Crippen LogP contribution >= 0.6 is 0 Å². The molecule has 4 N–H and O–H groups in total. The zero-order chi connectivity index (χ0) is 96.5. The monoisotopic (exact) mass is 1870 g/mol. The minimum Gasteiger partial charge on any atom is -0.494 e. The highest BCUT2D eigenvalue weighted by molar-refractivity contribution is 5.71. The molecule has 1 aliphatic carbocycles. The van der Waals surface area contributed by atoms with Gasteiger partial charge in [-0.2, -0.15) is 0 Å². The van der Waals surface area contributed by atoms with E-state index in [9.17, 15) is 28.4 Å². The lowest BCUT2D eigenvalue weighted by Gasteiger charge is -2.31. The van der Waals surface area contributed by atoms with Crippen molar-refractivity contribution in [2.24, 2.45) is 0 Å². The topological polar surface area (TPSA) is 319 Å². The van der Waals surface area contributed by atoms with Gasteiger partial charge in [0, 0.05) is 108 Å². The summed E-state index contributed by atoms with van der Waals surface area (Å²) >= 11 is 0. The quantitative estimate of drug-likeness (QED) is 0.0519. The minimum absolute atomic E-state index is 0.0763. The Bertz CT molecular complexity index is 7070. The Hall–Kier alpha value is -14.5. The predicted molar refractivity (Wildman–Crippen MR) is 535 cm³/mol. The summed E-state index contributed by atoms with van der Waals surface area (Å²) in [6.07, 6.45) is 25.5. The van der Waals surface area contributed by atoms with Crippen LogP contribution in [0.4, 0.5) is 4.39 Å². The van der Waals surface area contributed by atoms with Crippen LogP contribution in [0.2, 0.25) is 0 Å². The van der Waals surface area contributed by atoms with E-state index in [-0.39, 0.29) is 33.5 Å². The van der Waals surface area contributed by atoms with Gasteiger partial charge in [-0.15, -0.1) is 0 Å². The lowest BCUT2D eigenvalue weighted by atomic mass is 9.82. The van der Waals surface area contributed by atoms with Gasteiger partial charge in [0.2, 0.25) is 0 Å². The molecular weight excluding hydrogens is 1750 g/mol. The first-order valence-corrected chi connectivity index (χ1v) is 46.8. The number of nitrogens with one attached hydrogen (secondary N) is 4. The molecule has 1 unspecified atom stereocenters. The lowest BCUT2D eigenvalue weighted by Crippen LogP contribution is -2.32. The number of piperidine rings is 3. The fraction of sp³-hybridized carbons (Fsp3) is 0.336. The zero-order valence-corrected chi connectivity index (χ0v) is 79.7. The highest BCUT2D eigenvalue weighted by atomic mass is 19.1. The number of hydrogen-bond donors (Lipinski definition) is 4. The van der Waals surface area contributed by atoms with Crippen LogP contribution in [-0.4, -0.2) is 193 Å². The molecule has 0 radical (unpaired) electrons. The van der Waals surface area contributed by atoms with Crippen LogP contribution in [0.1, 0.15) is 129 Å². The van der Waals surface area contributed by atoms with E-state index in [0.29, 0.717) is 138 Å². The first-order valence-electron chi connectivity index (χ1n) is 46.8. The summed E-state index contributed by atoms with van der Waals surface area (Å²) in [5.41, 5.74) is 15.8. The largest absolute Gasteiger partial charge is 0.494 e. The molecule has 10 aromatic heterocycles. The molecule has 20 rings (SSSR count). The first kappa shape index (κ1) is 96.6. The van der Waals surface area contributed by atoms with Crippen molar-refractivity contribution in [3.05, 3.63) is 299 Å². The maximum absolute atomic E-state index is 14.0. The number of benzene rings is 5.